The van der Waals surface area contributed by atoms with Crippen LogP contribution in [-0.4, -0.2) is 36.2 Å². The molecule has 0 bridgehead atoms. The molecule has 4 nitrogen and oxygen atoms in total. The van der Waals surface area contributed by atoms with Crippen molar-refractivity contribution in [2.24, 2.45) is 0 Å². The average molecular weight is 326 g/mol. The SMILES string of the molecule is CCCC[C@H](NC1CCN(c2ccc(F)cc2F)CC1)C(=O)O. The van der Waals surface area contributed by atoms with Crippen LogP contribution in [0.1, 0.15) is 39.0 Å². The number of carboxylic acid groups (broad SMARTS) is 1. The van der Waals surface area contributed by atoms with Crippen LogP contribution in [0, 0.1) is 11.6 Å². The quantitative estimate of drug-likeness (QED) is 0.808. The van der Waals surface area contributed by atoms with Gasteiger partial charge in [0.2, 0.25) is 0 Å². The molecule has 1 aliphatic heterocycles. The van der Waals surface area contributed by atoms with E-state index in [2.05, 4.69) is 5.32 Å². The number of anilines is 1. The summed E-state index contributed by atoms with van der Waals surface area (Å²) < 4.78 is 26.8. The van der Waals surface area contributed by atoms with Crippen molar-refractivity contribution in [3.05, 3.63) is 29.8 Å². The van der Waals surface area contributed by atoms with Gasteiger partial charge in [0.15, 0.2) is 0 Å². The maximum absolute atomic E-state index is 13.8. The number of carbonyl (C=O) groups is 1. The van der Waals surface area contributed by atoms with Crippen molar-refractivity contribution in [1.29, 1.82) is 0 Å². The van der Waals surface area contributed by atoms with Gasteiger partial charge >= 0.3 is 5.97 Å². The summed E-state index contributed by atoms with van der Waals surface area (Å²) >= 11 is 0. The largest absolute Gasteiger partial charge is 0.480 e. The summed E-state index contributed by atoms with van der Waals surface area (Å²) in [6.07, 6.45) is 3.95. The van der Waals surface area contributed by atoms with Crippen LogP contribution >= 0.6 is 0 Å². The van der Waals surface area contributed by atoms with Gasteiger partial charge in [-0.25, -0.2) is 8.78 Å². The lowest BCUT2D eigenvalue weighted by Crippen LogP contribution is -2.49. The first-order chi connectivity index (χ1) is 11.0. The van der Waals surface area contributed by atoms with E-state index in [0.717, 1.165) is 31.7 Å². The van der Waals surface area contributed by atoms with Crippen molar-refractivity contribution in [3.8, 4) is 0 Å². The first-order valence-electron chi connectivity index (χ1n) is 8.20. The van der Waals surface area contributed by atoms with Gasteiger partial charge in [-0.1, -0.05) is 19.8 Å². The highest BCUT2D eigenvalue weighted by Crippen LogP contribution is 2.24. The first kappa shape index (κ1) is 17.7. The molecule has 0 aliphatic carbocycles. The summed E-state index contributed by atoms with van der Waals surface area (Å²) in [6, 6.07) is 3.21. The molecule has 0 unspecified atom stereocenters. The number of nitrogens with zero attached hydrogens (tertiary/aromatic N) is 1. The fraction of sp³-hybridized carbons (Fsp3) is 0.588. The smallest absolute Gasteiger partial charge is 0.320 e. The Labute approximate surface area is 135 Å². The third-order valence-electron chi connectivity index (χ3n) is 4.33. The lowest BCUT2D eigenvalue weighted by molar-refractivity contribution is -0.140. The maximum Gasteiger partial charge on any atom is 0.320 e. The number of nitrogens with one attached hydrogen (secondary N) is 1. The minimum absolute atomic E-state index is 0.118. The standard InChI is InChI=1S/C17H24F2N2O2/c1-2-3-4-15(17(22)23)20-13-7-9-21(10-8-13)16-6-5-12(18)11-14(16)19/h5-6,11,13,15,20H,2-4,7-10H2,1H3,(H,22,23)/t15-/m0/s1. The van der Waals surface area contributed by atoms with Crippen molar-refractivity contribution >= 4 is 11.7 Å². The van der Waals surface area contributed by atoms with Crippen LogP contribution in [0.25, 0.3) is 0 Å². The number of hydrogen-bond acceptors (Lipinski definition) is 3. The van der Waals surface area contributed by atoms with Crippen molar-refractivity contribution < 1.29 is 18.7 Å². The molecule has 1 fully saturated rings. The number of carboxylic acids is 1. The van der Waals surface area contributed by atoms with Crippen LogP contribution in [0.4, 0.5) is 14.5 Å². The van der Waals surface area contributed by atoms with E-state index in [9.17, 15) is 18.7 Å². The third kappa shape index (κ3) is 4.89. The monoisotopic (exact) mass is 326 g/mol. The molecule has 0 aromatic heterocycles. The van der Waals surface area contributed by atoms with Crippen LogP contribution in [0.5, 0.6) is 0 Å². The minimum atomic E-state index is -0.814. The molecule has 128 valence electrons. The lowest BCUT2D eigenvalue weighted by atomic mass is 10.0. The van der Waals surface area contributed by atoms with E-state index in [4.69, 9.17) is 0 Å². The Bertz CT molecular complexity index is 531. The molecule has 1 aliphatic rings. The molecular weight excluding hydrogens is 302 g/mol. The predicted octanol–water partition coefficient (Wildman–Crippen LogP) is 3.17. The summed E-state index contributed by atoms with van der Waals surface area (Å²) in [4.78, 5) is 13.2. The number of rotatable bonds is 7. The van der Waals surface area contributed by atoms with Crippen molar-refractivity contribution in [2.45, 2.75) is 51.1 Å². The predicted molar refractivity (Wildman–Crippen MR) is 85.7 cm³/mol. The van der Waals surface area contributed by atoms with Gasteiger partial charge in [0.25, 0.3) is 0 Å². The molecular formula is C17H24F2N2O2. The minimum Gasteiger partial charge on any atom is -0.480 e. The van der Waals surface area contributed by atoms with Crippen LogP contribution in [0.15, 0.2) is 18.2 Å². The van der Waals surface area contributed by atoms with Crippen LogP contribution < -0.4 is 10.2 Å². The summed E-state index contributed by atoms with van der Waals surface area (Å²) in [5, 5.41) is 12.5. The molecule has 1 heterocycles. The molecule has 0 radical (unpaired) electrons. The van der Waals surface area contributed by atoms with E-state index in [1.165, 1.54) is 12.1 Å². The zero-order valence-electron chi connectivity index (χ0n) is 13.4. The normalized spacial score (nSPS) is 17.3. The molecule has 23 heavy (non-hydrogen) atoms. The van der Waals surface area contributed by atoms with Crippen LogP contribution in [0.3, 0.4) is 0 Å². The number of halogens is 2. The molecule has 2 rings (SSSR count). The molecule has 1 saturated heterocycles. The third-order valence-corrected chi connectivity index (χ3v) is 4.33. The maximum atomic E-state index is 13.8. The van der Waals surface area contributed by atoms with Gasteiger partial charge in [0.1, 0.15) is 17.7 Å². The molecule has 0 spiro atoms. The molecule has 1 aromatic rings. The zero-order valence-corrected chi connectivity index (χ0v) is 13.4. The highest BCUT2D eigenvalue weighted by atomic mass is 19.1. The molecule has 1 aromatic carbocycles. The summed E-state index contributed by atoms with van der Waals surface area (Å²) in [5.74, 6) is -1.95. The summed E-state index contributed by atoms with van der Waals surface area (Å²) in [7, 11) is 0. The van der Waals surface area contributed by atoms with Gasteiger partial charge in [-0.3, -0.25) is 4.79 Å². The van der Waals surface area contributed by atoms with Gasteiger partial charge in [0, 0.05) is 25.2 Å². The Balaban J connectivity index is 1.89. The zero-order chi connectivity index (χ0) is 16.8. The molecule has 1 atom stereocenters. The second-order valence-electron chi connectivity index (χ2n) is 6.06. The number of aliphatic carboxylic acids is 1. The Morgan fingerprint density at radius 1 is 1.39 bits per heavy atom. The molecule has 0 amide bonds. The van der Waals surface area contributed by atoms with Gasteiger partial charge < -0.3 is 15.3 Å². The van der Waals surface area contributed by atoms with E-state index >= 15 is 0 Å². The van der Waals surface area contributed by atoms with Gasteiger partial charge in [-0.2, -0.15) is 0 Å². The van der Waals surface area contributed by atoms with E-state index in [1.807, 2.05) is 11.8 Å². The topological polar surface area (TPSA) is 52.6 Å². The van der Waals surface area contributed by atoms with Crippen LogP contribution in [0.2, 0.25) is 0 Å². The van der Waals surface area contributed by atoms with E-state index in [1.54, 1.807) is 0 Å². The lowest BCUT2D eigenvalue weighted by Gasteiger charge is -2.35. The Morgan fingerprint density at radius 3 is 2.65 bits per heavy atom. The summed E-state index contributed by atoms with van der Waals surface area (Å²) in [5.41, 5.74) is 0.408. The average Bonchev–Trinajstić information content (AvgIpc) is 2.52. The Hall–Kier alpha value is -1.69. The van der Waals surface area contributed by atoms with Gasteiger partial charge in [-0.15, -0.1) is 0 Å². The Kier molecular flexibility index (Phi) is 6.33. The molecule has 0 saturated carbocycles. The fourth-order valence-electron chi connectivity index (χ4n) is 3.00. The van der Waals surface area contributed by atoms with Crippen LogP contribution in [-0.2, 0) is 4.79 Å². The van der Waals surface area contributed by atoms with E-state index in [0.29, 0.717) is 25.2 Å². The number of benzene rings is 1. The summed E-state index contributed by atoms with van der Waals surface area (Å²) in [6.45, 7) is 3.29. The Morgan fingerprint density at radius 2 is 2.09 bits per heavy atom. The highest BCUT2D eigenvalue weighted by molar-refractivity contribution is 5.73. The van der Waals surface area contributed by atoms with Crippen molar-refractivity contribution in [1.82, 2.24) is 5.32 Å². The molecule has 6 heteroatoms. The van der Waals surface area contributed by atoms with E-state index < -0.39 is 23.6 Å². The number of piperidine rings is 1. The fourth-order valence-corrected chi connectivity index (χ4v) is 3.00. The van der Waals surface area contributed by atoms with Gasteiger partial charge in [-0.05, 0) is 31.4 Å². The number of hydrogen-bond donors (Lipinski definition) is 2. The highest BCUT2D eigenvalue weighted by Gasteiger charge is 2.25. The van der Waals surface area contributed by atoms with E-state index in [-0.39, 0.29) is 6.04 Å². The first-order valence-corrected chi connectivity index (χ1v) is 8.20. The number of unbranched alkanes of at least 4 members (excludes halogenated alkanes) is 1. The molecule has 2 N–H and O–H groups in total. The second-order valence-corrected chi connectivity index (χ2v) is 6.06. The van der Waals surface area contributed by atoms with Crippen molar-refractivity contribution in [3.63, 3.8) is 0 Å². The van der Waals surface area contributed by atoms with Gasteiger partial charge in [0.05, 0.1) is 5.69 Å². The van der Waals surface area contributed by atoms with Crippen molar-refractivity contribution in [2.75, 3.05) is 18.0 Å². The second kappa shape index (κ2) is 8.24.